The lowest BCUT2D eigenvalue weighted by Crippen LogP contribution is -2.06. The smallest absolute Gasteiger partial charge is 0.135 e. The van der Waals surface area contributed by atoms with E-state index in [0.717, 1.165) is 22.6 Å². The Morgan fingerprint density at radius 1 is 1.28 bits per heavy atom. The third-order valence-corrected chi connectivity index (χ3v) is 2.83. The van der Waals surface area contributed by atoms with Crippen molar-refractivity contribution in [3.63, 3.8) is 0 Å². The highest BCUT2D eigenvalue weighted by molar-refractivity contribution is 6.30. The zero-order chi connectivity index (χ0) is 13.0. The second-order valence-electron chi connectivity index (χ2n) is 4.03. The van der Waals surface area contributed by atoms with Crippen LogP contribution in [0.25, 0.3) is 0 Å². The van der Waals surface area contributed by atoms with E-state index in [0.29, 0.717) is 11.6 Å². The van der Waals surface area contributed by atoms with Crippen LogP contribution in [0.15, 0.2) is 36.7 Å². The molecule has 2 aromatic rings. The number of pyridine rings is 1. The number of halogens is 1. The fraction of sp³-hybridized carbons (Fsp3) is 0.214. The highest BCUT2D eigenvalue weighted by atomic mass is 35.5. The summed E-state index contributed by atoms with van der Waals surface area (Å²) in [5, 5.41) is 3.76. The first-order chi connectivity index (χ1) is 8.70. The van der Waals surface area contributed by atoms with Crippen LogP contribution >= 0.6 is 11.6 Å². The van der Waals surface area contributed by atoms with Gasteiger partial charge in [0.05, 0.1) is 0 Å². The Labute approximate surface area is 112 Å². The Kier molecular flexibility index (Phi) is 4.18. The van der Waals surface area contributed by atoms with Crippen LogP contribution in [0.5, 0.6) is 11.5 Å². The standard InChI is InChI=1S/C14H15ClN2O/c1-10-3-4-12(15)7-14(10)18-13-5-6-17-9-11(13)8-16-2/h3-7,9,16H,8H2,1-2H3. The molecule has 0 unspecified atom stereocenters. The molecule has 0 bridgehead atoms. The van der Waals surface area contributed by atoms with E-state index < -0.39 is 0 Å². The van der Waals surface area contributed by atoms with E-state index in [1.165, 1.54) is 0 Å². The van der Waals surface area contributed by atoms with E-state index in [1.807, 2.05) is 38.2 Å². The first-order valence-electron chi connectivity index (χ1n) is 5.72. The molecule has 18 heavy (non-hydrogen) atoms. The molecular formula is C14H15ClN2O. The van der Waals surface area contributed by atoms with Gasteiger partial charge in [-0.2, -0.15) is 0 Å². The molecule has 2 rings (SSSR count). The van der Waals surface area contributed by atoms with Gasteiger partial charge in [0.2, 0.25) is 0 Å². The number of ether oxygens (including phenoxy) is 1. The van der Waals surface area contributed by atoms with Gasteiger partial charge in [0, 0.05) is 29.5 Å². The Balaban J connectivity index is 2.30. The van der Waals surface area contributed by atoms with E-state index in [2.05, 4.69) is 10.3 Å². The molecule has 0 atom stereocenters. The Morgan fingerprint density at radius 3 is 2.89 bits per heavy atom. The quantitative estimate of drug-likeness (QED) is 0.915. The number of hydrogen-bond acceptors (Lipinski definition) is 3. The van der Waals surface area contributed by atoms with Gasteiger partial charge in [-0.3, -0.25) is 4.98 Å². The molecule has 0 spiro atoms. The van der Waals surface area contributed by atoms with Crippen LogP contribution in [0.2, 0.25) is 5.02 Å². The lowest BCUT2D eigenvalue weighted by atomic mass is 10.2. The number of aromatic nitrogens is 1. The molecule has 0 saturated heterocycles. The van der Waals surface area contributed by atoms with Crippen LogP contribution < -0.4 is 10.1 Å². The summed E-state index contributed by atoms with van der Waals surface area (Å²) >= 11 is 5.98. The predicted molar refractivity (Wildman–Crippen MR) is 73.3 cm³/mol. The third kappa shape index (κ3) is 3.00. The SMILES string of the molecule is CNCc1cnccc1Oc1cc(Cl)ccc1C. The van der Waals surface area contributed by atoms with Crippen LogP contribution in [-0.4, -0.2) is 12.0 Å². The monoisotopic (exact) mass is 262 g/mol. The van der Waals surface area contributed by atoms with Crippen molar-refractivity contribution < 1.29 is 4.74 Å². The topological polar surface area (TPSA) is 34.2 Å². The van der Waals surface area contributed by atoms with Gasteiger partial charge in [0.25, 0.3) is 0 Å². The van der Waals surface area contributed by atoms with Gasteiger partial charge in [-0.1, -0.05) is 17.7 Å². The third-order valence-electron chi connectivity index (χ3n) is 2.60. The largest absolute Gasteiger partial charge is 0.457 e. The Morgan fingerprint density at radius 2 is 2.11 bits per heavy atom. The molecule has 1 N–H and O–H groups in total. The maximum atomic E-state index is 5.98. The van der Waals surface area contributed by atoms with Crippen LogP contribution in [-0.2, 0) is 6.54 Å². The lowest BCUT2D eigenvalue weighted by molar-refractivity contribution is 0.470. The molecule has 1 aromatic heterocycles. The van der Waals surface area contributed by atoms with Crippen LogP contribution in [0.1, 0.15) is 11.1 Å². The molecule has 94 valence electrons. The van der Waals surface area contributed by atoms with Gasteiger partial charge in [0.1, 0.15) is 11.5 Å². The lowest BCUT2D eigenvalue weighted by Gasteiger charge is -2.12. The second-order valence-corrected chi connectivity index (χ2v) is 4.46. The fourth-order valence-electron chi connectivity index (χ4n) is 1.64. The molecule has 0 fully saturated rings. The molecule has 0 aliphatic rings. The zero-order valence-corrected chi connectivity index (χ0v) is 11.2. The van der Waals surface area contributed by atoms with Gasteiger partial charge < -0.3 is 10.1 Å². The first-order valence-corrected chi connectivity index (χ1v) is 6.10. The van der Waals surface area contributed by atoms with Crippen molar-refractivity contribution >= 4 is 11.6 Å². The van der Waals surface area contributed by atoms with E-state index >= 15 is 0 Å². The van der Waals surface area contributed by atoms with Gasteiger partial charge in [-0.15, -0.1) is 0 Å². The zero-order valence-electron chi connectivity index (χ0n) is 10.4. The molecule has 0 radical (unpaired) electrons. The summed E-state index contributed by atoms with van der Waals surface area (Å²) in [7, 11) is 1.89. The van der Waals surface area contributed by atoms with Crippen LogP contribution in [0, 0.1) is 6.92 Å². The van der Waals surface area contributed by atoms with E-state index in [4.69, 9.17) is 16.3 Å². The number of nitrogens with one attached hydrogen (secondary N) is 1. The summed E-state index contributed by atoms with van der Waals surface area (Å²) in [6, 6.07) is 7.47. The summed E-state index contributed by atoms with van der Waals surface area (Å²) in [4.78, 5) is 4.10. The fourth-order valence-corrected chi connectivity index (χ4v) is 1.80. The summed E-state index contributed by atoms with van der Waals surface area (Å²) in [6.45, 7) is 2.70. The van der Waals surface area contributed by atoms with Crippen molar-refractivity contribution in [3.05, 3.63) is 52.8 Å². The van der Waals surface area contributed by atoms with E-state index in [1.54, 1.807) is 12.4 Å². The van der Waals surface area contributed by atoms with E-state index in [-0.39, 0.29) is 0 Å². The van der Waals surface area contributed by atoms with Gasteiger partial charge >= 0.3 is 0 Å². The minimum Gasteiger partial charge on any atom is -0.457 e. The summed E-state index contributed by atoms with van der Waals surface area (Å²) < 4.78 is 5.91. The van der Waals surface area contributed by atoms with Crippen molar-refractivity contribution in [1.82, 2.24) is 10.3 Å². The molecule has 1 aromatic carbocycles. The number of benzene rings is 1. The second kappa shape index (κ2) is 5.85. The molecule has 0 saturated carbocycles. The van der Waals surface area contributed by atoms with Gasteiger partial charge in [-0.25, -0.2) is 0 Å². The van der Waals surface area contributed by atoms with Crippen molar-refractivity contribution in [2.24, 2.45) is 0 Å². The number of nitrogens with zero attached hydrogens (tertiary/aromatic N) is 1. The van der Waals surface area contributed by atoms with Crippen LogP contribution in [0.4, 0.5) is 0 Å². The highest BCUT2D eigenvalue weighted by Gasteiger charge is 2.06. The molecular weight excluding hydrogens is 248 g/mol. The molecule has 0 aliphatic heterocycles. The average Bonchev–Trinajstić information content (AvgIpc) is 2.36. The van der Waals surface area contributed by atoms with Crippen molar-refractivity contribution in [1.29, 1.82) is 0 Å². The molecule has 1 heterocycles. The van der Waals surface area contributed by atoms with Gasteiger partial charge in [0.15, 0.2) is 0 Å². The number of aryl methyl sites for hydroxylation is 1. The number of hydrogen-bond donors (Lipinski definition) is 1. The summed E-state index contributed by atoms with van der Waals surface area (Å²) in [6.07, 6.45) is 3.51. The molecule has 0 aliphatic carbocycles. The van der Waals surface area contributed by atoms with E-state index in [9.17, 15) is 0 Å². The maximum absolute atomic E-state index is 5.98. The minimum absolute atomic E-state index is 0.667. The van der Waals surface area contributed by atoms with Crippen LogP contribution in [0.3, 0.4) is 0 Å². The Bertz CT molecular complexity index is 543. The maximum Gasteiger partial charge on any atom is 0.135 e. The van der Waals surface area contributed by atoms with Crippen molar-refractivity contribution in [2.75, 3.05) is 7.05 Å². The normalized spacial score (nSPS) is 10.4. The summed E-state index contributed by atoms with van der Waals surface area (Å²) in [5.74, 6) is 1.57. The first kappa shape index (κ1) is 12.9. The molecule has 3 nitrogen and oxygen atoms in total. The number of rotatable bonds is 4. The minimum atomic E-state index is 0.667. The van der Waals surface area contributed by atoms with Crippen molar-refractivity contribution in [2.45, 2.75) is 13.5 Å². The molecule has 0 amide bonds. The molecule has 4 heteroatoms. The highest BCUT2D eigenvalue weighted by Crippen LogP contribution is 2.29. The van der Waals surface area contributed by atoms with Crippen molar-refractivity contribution in [3.8, 4) is 11.5 Å². The average molecular weight is 263 g/mol. The Hall–Kier alpha value is -1.58. The summed E-state index contributed by atoms with van der Waals surface area (Å²) in [5.41, 5.74) is 2.06. The predicted octanol–water partition coefficient (Wildman–Crippen LogP) is 3.56. The van der Waals surface area contributed by atoms with Gasteiger partial charge in [-0.05, 0) is 37.7 Å².